The molecule has 1 aromatic carbocycles. The molecule has 1 unspecified atom stereocenters. The van der Waals surface area contributed by atoms with Crippen LogP contribution in [-0.4, -0.2) is 41.3 Å². The molecule has 2 rings (SSSR count). The van der Waals surface area contributed by atoms with Crippen LogP contribution in [0.1, 0.15) is 19.3 Å². The van der Waals surface area contributed by atoms with Crippen LogP contribution in [0.3, 0.4) is 0 Å². The molecule has 0 amide bonds. The third-order valence-electron chi connectivity index (χ3n) is 3.44. The van der Waals surface area contributed by atoms with E-state index in [-0.39, 0.29) is 18.0 Å². The highest BCUT2D eigenvalue weighted by atomic mass is 35.5. The molecular weight excluding hydrogens is 336 g/mol. The molecule has 10 heteroatoms. The number of piperidine rings is 1. The third-order valence-corrected chi connectivity index (χ3v) is 5.62. The van der Waals surface area contributed by atoms with Gasteiger partial charge in [-0.25, -0.2) is 8.42 Å². The Morgan fingerprint density at radius 2 is 2.09 bits per heavy atom. The monoisotopic (exact) mass is 348 g/mol. The highest BCUT2D eigenvalue weighted by molar-refractivity contribution is 7.89. The Labute approximate surface area is 131 Å². The van der Waals surface area contributed by atoms with E-state index in [1.54, 1.807) is 0 Å². The Morgan fingerprint density at radius 3 is 2.68 bits per heavy atom. The number of hydrogen-bond acceptors (Lipinski definition) is 5. The molecule has 0 radical (unpaired) electrons. The minimum Gasteiger partial charge on any atom is -0.480 e. The number of benzene rings is 1. The Morgan fingerprint density at radius 1 is 1.41 bits per heavy atom. The lowest BCUT2D eigenvalue weighted by Gasteiger charge is -2.31. The van der Waals surface area contributed by atoms with Gasteiger partial charge in [0, 0.05) is 17.6 Å². The number of carboxylic acid groups (broad SMARTS) is 1. The number of nitro groups is 1. The zero-order valence-electron chi connectivity index (χ0n) is 11.3. The van der Waals surface area contributed by atoms with E-state index in [2.05, 4.69) is 0 Å². The van der Waals surface area contributed by atoms with Crippen molar-refractivity contribution in [2.45, 2.75) is 30.2 Å². The lowest BCUT2D eigenvalue weighted by atomic mass is 10.1. The maximum atomic E-state index is 12.7. The van der Waals surface area contributed by atoms with Crippen LogP contribution in [0.15, 0.2) is 23.1 Å². The summed E-state index contributed by atoms with van der Waals surface area (Å²) in [5.74, 6) is -1.27. The first-order chi connectivity index (χ1) is 10.2. The molecule has 1 N–H and O–H groups in total. The van der Waals surface area contributed by atoms with Gasteiger partial charge in [0.2, 0.25) is 0 Å². The Kier molecular flexibility index (Phi) is 4.69. The van der Waals surface area contributed by atoms with Gasteiger partial charge in [0.15, 0.2) is 4.90 Å². The van der Waals surface area contributed by atoms with E-state index >= 15 is 0 Å². The summed E-state index contributed by atoms with van der Waals surface area (Å²) in [4.78, 5) is 20.9. The van der Waals surface area contributed by atoms with Gasteiger partial charge >= 0.3 is 5.97 Å². The van der Waals surface area contributed by atoms with Gasteiger partial charge < -0.3 is 5.11 Å². The number of nitrogens with zero attached hydrogens (tertiary/aromatic N) is 2. The van der Waals surface area contributed by atoms with Gasteiger partial charge in [0.25, 0.3) is 15.7 Å². The summed E-state index contributed by atoms with van der Waals surface area (Å²) in [6.45, 7) is 0.00294. The maximum absolute atomic E-state index is 12.7. The van der Waals surface area contributed by atoms with Gasteiger partial charge in [-0.05, 0) is 31.4 Å². The zero-order valence-corrected chi connectivity index (χ0v) is 12.9. The zero-order chi connectivity index (χ0) is 16.5. The van der Waals surface area contributed by atoms with Crippen molar-refractivity contribution in [1.82, 2.24) is 4.31 Å². The second-order valence-corrected chi connectivity index (χ2v) is 7.13. The van der Waals surface area contributed by atoms with Crippen molar-refractivity contribution in [3.63, 3.8) is 0 Å². The number of carbonyl (C=O) groups is 1. The summed E-state index contributed by atoms with van der Waals surface area (Å²) >= 11 is 5.74. The first-order valence-electron chi connectivity index (χ1n) is 6.43. The van der Waals surface area contributed by atoms with Gasteiger partial charge in [-0.1, -0.05) is 11.6 Å². The van der Waals surface area contributed by atoms with E-state index in [0.717, 1.165) is 16.4 Å². The van der Waals surface area contributed by atoms with Gasteiger partial charge in [0.05, 0.1) is 4.92 Å². The molecule has 1 heterocycles. The fourth-order valence-electron chi connectivity index (χ4n) is 2.41. The largest absolute Gasteiger partial charge is 0.480 e. The summed E-state index contributed by atoms with van der Waals surface area (Å²) < 4.78 is 26.2. The van der Waals surface area contributed by atoms with Crippen LogP contribution in [0.4, 0.5) is 5.69 Å². The van der Waals surface area contributed by atoms with Crippen LogP contribution in [-0.2, 0) is 14.8 Å². The first-order valence-corrected chi connectivity index (χ1v) is 8.25. The molecule has 0 aliphatic carbocycles. The number of halogens is 1. The van der Waals surface area contributed by atoms with Crippen LogP contribution >= 0.6 is 11.6 Å². The van der Waals surface area contributed by atoms with Crippen molar-refractivity contribution in [1.29, 1.82) is 0 Å². The molecule has 0 spiro atoms. The van der Waals surface area contributed by atoms with E-state index in [1.807, 2.05) is 0 Å². The van der Waals surface area contributed by atoms with Crippen molar-refractivity contribution < 1.29 is 23.2 Å². The molecule has 22 heavy (non-hydrogen) atoms. The molecule has 1 saturated heterocycles. The van der Waals surface area contributed by atoms with Gasteiger partial charge in [-0.15, -0.1) is 0 Å². The quantitative estimate of drug-likeness (QED) is 0.655. The predicted molar refractivity (Wildman–Crippen MR) is 77.3 cm³/mol. The molecule has 1 fully saturated rings. The smallest absolute Gasteiger partial charge is 0.322 e. The number of rotatable bonds is 4. The van der Waals surface area contributed by atoms with E-state index in [0.29, 0.717) is 12.8 Å². The normalized spacial score (nSPS) is 19.8. The summed E-state index contributed by atoms with van der Waals surface area (Å²) in [5.41, 5.74) is -0.626. The number of nitro benzene ring substituents is 1. The number of carboxylic acids is 1. The minimum absolute atomic E-state index is 0.00294. The van der Waals surface area contributed by atoms with E-state index in [9.17, 15) is 28.4 Å². The fraction of sp³-hybridized carbons (Fsp3) is 0.417. The van der Waals surface area contributed by atoms with Gasteiger partial charge in [-0.2, -0.15) is 4.31 Å². The van der Waals surface area contributed by atoms with Crippen LogP contribution in [0.25, 0.3) is 0 Å². The van der Waals surface area contributed by atoms with Crippen molar-refractivity contribution in [2.24, 2.45) is 0 Å². The lowest BCUT2D eigenvalue weighted by molar-refractivity contribution is -0.387. The molecular formula is C12H13ClN2O6S. The molecule has 8 nitrogen and oxygen atoms in total. The highest BCUT2D eigenvalue weighted by Crippen LogP contribution is 2.32. The average molecular weight is 349 g/mol. The molecule has 1 aliphatic heterocycles. The van der Waals surface area contributed by atoms with E-state index < -0.39 is 37.5 Å². The highest BCUT2D eigenvalue weighted by Gasteiger charge is 2.40. The van der Waals surface area contributed by atoms with Crippen LogP contribution in [0.5, 0.6) is 0 Å². The Balaban J connectivity index is 2.56. The van der Waals surface area contributed by atoms with Crippen LogP contribution < -0.4 is 0 Å². The Hall–Kier alpha value is -1.71. The van der Waals surface area contributed by atoms with E-state index in [1.165, 1.54) is 6.07 Å². The first kappa shape index (κ1) is 16.7. The number of sulfonamides is 1. The van der Waals surface area contributed by atoms with Crippen molar-refractivity contribution in [3.8, 4) is 0 Å². The molecule has 0 aromatic heterocycles. The second-order valence-electron chi connectivity index (χ2n) is 4.83. The second kappa shape index (κ2) is 6.19. The standard InChI is InChI=1S/C12H13ClN2O6S/c13-8-4-5-9(15(18)19)11(7-8)22(20,21)14-6-2-1-3-10(14)12(16)17/h4-5,7,10H,1-3,6H2,(H,16,17). The number of hydrogen-bond donors (Lipinski definition) is 1. The van der Waals surface area contributed by atoms with Gasteiger partial charge in [-0.3, -0.25) is 14.9 Å². The van der Waals surface area contributed by atoms with Crippen LogP contribution in [0.2, 0.25) is 5.02 Å². The van der Waals surface area contributed by atoms with Crippen molar-refractivity contribution >= 4 is 33.3 Å². The Bertz CT molecular complexity index is 720. The molecule has 0 saturated carbocycles. The fourth-order valence-corrected chi connectivity index (χ4v) is 4.48. The third kappa shape index (κ3) is 3.06. The predicted octanol–water partition coefficient (Wildman–Crippen LogP) is 1.88. The molecule has 1 aliphatic rings. The summed E-state index contributed by atoms with van der Waals surface area (Å²) in [5, 5.41) is 20.2. The summed E-state index contributed by atoms with van der Waals surface area (Å²) in [6.07, 6.45) is 1.25. The molecule has 1 atom stereocenters. The van der Waals surface area contributed by atoms with E-state index in [4.69, 9.17) is 11.6 Å². The summed E-state index contributed by atoms with van der Waals surface area (Å²) in [7, 11) is -4.33. The average Bonchev–Trinajstić information content (AvgIpc) is 2.46. The SMILES string of the molecule is O=C(O)C1CCCCN1S(=O)(=O)c1cc(Cl)ccc1[N+](=O)[O-]. The number of aliphatic carboxylic acids is 1. The molecule has 120 valence electrons. The van der Waals surface area contributed by atoms with Crippen molar-refractivity contribution in [3.05, 3.63) is 33.3 Å². The maximum Gasteiger partial charge on any atom is 0.322 e. The topological polar surface area (TPSA) is 118 Å². The van der Waals surface area contributed by atoms with Gasteiger partial charge in [0.1, 0.15) is 6.04 Å². The molecule has 1 aromatic rings. The lowest BCUT2D eigenvalue weighted by Crippen LogP contribution is -2.47. The molecule has 0 bridgehead atoms. The van der Waals surface area contributed by atoms with Crippen molar-refractivity contribution in [2.75, 3.05) is 6.54 Å². The minimum atomic E-state index is -4.33. The van der Waals surface area contributed by atoms with Crippen LogP contribution in [0, 0.1) is 10.1 Å². The summed E-state index contributed by atoms with van der Waals surface area (Å²) in [6, 6.07) is 1.96.